The Morgan fingerprint density at radius 2 is 2.17 bits per heavy atom. The zero-order chi connectivity index (χ0) is 21.1. The number of alkyl halides is 1. The number of carbonyl (C=O) groups is 2. The summed E-state index contributed by atoms with van der Waals surface area (Å²) in [4.78, 5) is 37.8. The summed E-state index contributed by atoms with van der Waals surface area (Å²) < 4.78 is 19.8. The number of esters is 1. The molecule has 29 heavy (non-hydrogen) atoms. The van der Waals surface area contributed by atoms with E-state index in [2.05, 4.69) is 20.3 Å². The summed E-state index contributed by atoms with van der Waals surface area (Å²) in [7, 11) is 0. The number of nitrogens with zero attached hydrogens (tertiary/aromatic N) is 3. The second-order valence-corrected chi connectivity index (χ2v) is 8.01. The standard InChI is InChI=1S/C18H23ClFN5O3S/c1-4-11-14(19)24-15(22-11)16(26)23-12-6-7-25(8-10(12)20)18-21-9(3)13(29-18)17(27)28-5-2/h10,12H,4-8H2,1-3H3,(H,22,24)(H,23,26)/t10-,12-/m0/s1. The highest BCUT2D eigenvalue weighted by Gasteiger charge is 2.33. The predicted octanol–water partition coefficient (Wildman–Crippen LogP) is 2.91. The van der Waals surface area contributed by atoms with Gasteiger partial charge in [-0.05, 0) is 26.7 Å². The molecule has 1 amide bonds. The Labute approximate surface area is 176 Å². The fourth-order valence-corrected chi connectivity index (χ4v) is 4.37. The predicted molar refractivity (Wildman–Crippen MR) is 109 cm³/mol. The Morgan fingerprint density at radius 3 is 2.79 bits per heavy atom. The number of piperidine rings is 1. The van der Waals surface area contributed by atoms with Gasteiger partial charge in [-0.25, -0.2) is 19.2 Å². The first-order valence-electron chi connectivity index (χ1n) is 9.42. The van der Waals surface area contributed by atoms with E-state index in [1.807, 2.05) is 6.92 Å². The van der Waals surface area contributed by atoms with Gasteiger partial charge in [0.05, 0.1) is 30.6 Å². The molecule has 0 radical (unpaired) electrons. The van der Waals surface area contributed by atoms with E-state index in [1.54, 1.807) is 18.7 Å². The number of halogens is 2. The van der Waals surface area contributed by atoms with Crippen molar-refractivity contribution in [3.8, 4) is 0 Å². The summed E-state index contributed by atoms with van der Waals surface area (Å²) in [6, 6.07) is -0.640. The van der Waals surface area contributed by atoms with Crippen LogP contribution in [-0.2, 0) is 11.2 Å². The van der Waals surface area contributed by atoms with E-state index in [9.17, 15) is 14.0 Å². The lowest BCUT2D eigenvalue weighted by Gasteiger charge is -2.34. The third-order valence-corrected chi connectivity index (χ3v) is 6.18. The van der Waals surface area contributed by atoms with Gasteiger partial charge in [0.1, 0.15) is 11.0 Å². The molecule has 0 spiro atoms. The van der Waals surface area contributed by atoms with Gasteiger partial charge in [-0.2, -0.15) is 0 Å². The van der Waals surface area contributed by atoms with Crippen molar-refractivity contribution in [2.45, 2.75) is 45.8 Å². The molecule has 2 N–H and O–H groups in total. The van der Waals surface area contributed by atoms with Crippen LogP contribution in [-0.4, -0.2) is 58.7 Å². The maximum Gasteiger partial charge on any atom is 0.350 e. The molecular weight excluding hydrogens is 421 g/mol. The largest absolute Gasteiger partial charge is 0.462 e. The topological polar surface area (TPSA) is 100 Å². The molecule has 1 fully saturated rings. The van der Waals surface area contributed by atoms with Gasteiger partial charge >= 0.3 is 5.97 Å². The maximum absolute atomic E-state index is 14.8. The number of thiazole rings is 1. The first-order chi connectivity index (χ1) is 13.8. The lowest BCUT2D eigenvalue weighted by molar-refractivity contribution is 0.0531. The second kappa shape index (κ2) is 9.08. The monoisotopic (exact) mass is 443 g/mol. The third kappa shape index (κ3) is 4.69. The smallest absolute Gasteiger partial charge is 0.350 e. The summed E-state index contributed by atoms with van der Waals surface area (Å²) in [6.45, 7) is 6.21. The lowest BCUT2D eigenvalue weighted by atomic mass is 10.0. The summed E-state index contributed by atoms with van der Waals surface area (Å²) in [5, 5.41) is 3.51. The molecule has 1 aliphatic rings. The number of aromatic amines is 1. The third-order valence-electron chi connectivity index (χ3n) is 4.67. The van der Waals surface area contributed by atoms with Gasteiger partial charge in [0.15, 0.2) is 16.1 Å². The molecule has 3 heterocycles. The van der Waals surface area contributed by atoms with Crippen molar-refractivity contribution >= 4 is 39.9 Å². The minimum Gasteiger partial charge on any atom is -0.462 e. The van der Waals surface area contributed by atoms with Crippen LogP contribution in [0.25, 0.3) is 0 Å². The fourth-order valence-electron chi connectivity index (χ4n) is 3.11. The molecular formula is C18H23ClFN5O3S. The van der Waals surface area contributed by atoms with Crippen LogP contribution >= 0.6 is 22.9 Å². The van der Waals surface area contributed by atoms with E-state index in [0.29, 0.717) is 40.8 Å². The van der Waals surface area contributed by atoms with E-state index in [4.69, 9.17) is 16.3 Å². The average Bonchev–Trinajstić information content (AvgIpc) is 3.26. The first kappa shape index (κ1) is 21.5. The maximum atomic E-state index is 14.8. The number of imidazole rings is 1. The van der Waals surface area contributed by atoms with Gasteiger partial charge in [0.2, 0.25) is 0 Å². The minimum absolute atomic E-state index is 0.0687. The van der Waals surface area contributed by atoms with Gasteiger partial charge in [0.25, 0.3) is 5.91 Å². The Bertz CT molecular complexity index is 902. The van der Waals surface area contributed by atoms with E-state index >= 15 is 0 Å². The van der Waals surface area contributed by atoms with Crippen LogP contribution in [0.2, 0.25) is 5.15 Å². The molecule has 8 nitrogen and oxygen atoms in total. The number of aryl methyl sites for hydroxylation is 2. The van der Waals surface area contributed by atoms with Crippen LogP contribution in [0.5, 0.6) is 0 Å². The molecule has 158 valence electrons. The van der Waals surface area contributed by atoms with E-state index in [-0.39, 0.29) is 24.1 Å². The Hall–Kier alpha value is -2.20. The molecule has 0 aliphatic carbocycles. The van der Waals surface area contributed by atoms with Crippen molar-refractivity contribution in [1.29, 1.82) is 0 Å². The lowest BCUT2D eigenvalue weighted by Crippen LogP contribution is -2.52. The van der Waals surface area contributed by atoms with Crippen LogP contribution < -0.4 is 10.2 Å². The van der Waals surface area contributed by atoms with Crippen LogP contribution in [0.1, 0.15) is 51.9 Å². The van der Waals surface area contributed by atoms with E-state index in [1.165, 1.54) is 11.3 Å². The Morgan fingerprint density at radius 1 is 1.41 bits per heavy atom. The van der Waals surface area contributed by atoms with Gasteiger partial charge in [-0.15, -0.1) is 0 Å². The number of nitrogens with one attached hydrogen (secondary N) is 2. The summed E-state index contributed by atoms with van der Waals surface area (Å²) in [5.41, 5.74) is 1.23. The number of anilines is 1. The molecule has 0 bridgehead atoms. The number of aromatic nitrogens is 3. The fraction of sp³-hybridized carbons (Fsp3) is 0.556. The quantitative estimate of drug-likeness (QED) is 0.666. The van der Waals surface area contributed by atoms with Crippen molar-refractivity contribution in [2.75, 3.05) is 24.6 Å². The highest BCUT2D eigenvalue weighted by molar-refractivity contribution is 7.17. The zero-order valence-corrected chi connectivity index (χ0v) is 18.0. The zero-order valence-electron chi connectivity index (χ0n) is 16.4. The molecule has 3 rings (SSSR count). The molecule has 0 unspecified atom stereocenters. The van der Waals surface area contributed by atoms with Crippen molar-refractivity contribution < 1.29 is 18.7 Å². The molecule has 1 saturated heterocycles. The molecule has 2 atom stereocenters. The molecule has 1 aliphatic heterocycles. The number of H-pyrrole nitrogens is 1. The second-order valence-electron chi connectivity index (χ2n) is 6.67. The number of ether oxygens (including phenoxy) is 1. The molecule has 0 saturated carbocycles. The highest BCUT2D eigenvalue weighted by Crippen LogP contribution is 2.29. The van der Waals surface area contributed by atoms with Gasteiger partial charge in [-0.1, -0.05) is 29.9 Å². The normalized spacial score (nSPS) is 19.3. The van der Waals surface area contributed by atoms with Crippen molar-refractivity contribution in [3.05, 3.63) is 27.2 Å². The van der Waals surface area contributed by atoms with Gasteiger partial charge in [0, 0.05) is 6.54 Å². The number of carbonyl (C=O) groups excluding carboxylic acids is 2. The van der Waals surface area contributed by atoms with Crippen LogP contribution in [0.4, 0.5) is 9.52 Å². The van der Waals surface area contributed by atoms with Crippen LogP contribution in [0, 0.1) is 6.92 Å². The SMILES string of the molecule is CCOC(=O)c1sc(N2CC[C@H](NC(=O)c3nc(Cl)c(CC)[nH]3)[C@@H](F)C2)nc1C. The summed E-state index contributed by atoms with van der Waals surface area (Å²) in [5.74, 6) is -0.824. The van der Waals surface area contributed by atoms with Gasteiger partial charge in [-0.3, -0.25) is 4.79 Å². The molecule has 2 aromatic heterocycles. The van der Waals surface area contributed by atoms with Crippen molar-refractivity contribution in [3.63, 3.8) is 0 Å². The van der Waals surface area contributed by atoms with Crippen molar-refractivity contribution in [1.82, 2.24) is 20.3 Å². The highest BCUT2D eigenvalue weighted by atomic mass is 35.5. The van der Waals surface area contributed by atoms with Crippen LogP contribution in [0.3, 0.4) is 0 Å². The summed E-state index contributed by atoms with van der Waals surface area (Å²) >= 11 is 7.15. The van der Waals surface area contributed by atoms with Gasteiger partial charge < -0.3 is 19.9 Å². The molecule has 0 aromatic carbocycles. The number of amides is 1. The molecule has 11 heteroatoms. The van der Waals surface area contributed by atoms with E-state index < -0.39 is 24.1 Å². The number of hydrogen-bond donors (Lipinski definition) is 2. The Balaban J connectivity index is 1.62. The Kier molecular flexibility index (Phi) is 6.74. The summed E-state index contributed by atoms with van der Waals surface area (Å²) in [6.07, 6.45) is -0.279. The van der Waals surface area contributed by atoms with Crippen molar-refractivity contribution in [2.24, 2.45) is 0 Å². The van der Waals surface area contributed by atoms with Crippen LogP contribution in [0.15, 0.2) is 0 Å². The number of rotatable bonds is 6. The first-order valence-corrected chi connectivity index (χ1v) is 10.6. The number of hydrogen-bond acceptors (Lipinski definition) is 7. The minimum atomic E-state index is -1.29. The average molecular weight is 444 g/mol. The van der Waals surface area contributed by atoms with E-state index in [0.717, 1.165) is 0 Å². The molecule has 2 aromatic rings.